The van der Waals surface area contributed by atoms with Crippen molar-refractivity contribution in [2.75, 3.05) is 31.5 Å². The fraction of sp³-hybridized carbons (Fsp3) is 0.400. The Morgan fingerprint density at radius 2 is 1.73 bits per heavy atom. The van der Waals surface area contributed by atoms with Crippen LogP contribution in [0.3, 0.4) is 0 Å². The van der Waals surface area contributed by atoms with Crippen LogP contribution in [0.2, 0.25) is 0 Å². The van der Waals surface area contributed by atoms with Crippen molar-refractivity contribution in [3.63, 3.8) is 0 Å². The summed E-state index contributed by atoms with van der Waals surface area (Å²) in [6, 6.07) is 11.4. The summed E-state index contributed by atoms with van der Waals surface area (Å²) in [6.07, 6.45) is 1.20. The molecule has 1 aliphatic rings. The molecule has 6 nitrogen and oxygen atoms in total. The van der Waals surface area contributed by atoms with Gasteiger partial charge in [-0.2, -0.15) is 0 Å². The summed E-state index contributed by atoms with van der Waals surface area (Å²) in [5.41, 5.74) is 3.96. The lowest BCUT2D eigenvalue weighted by Gasteiger charge is -2.22. The van der Waals surface area contributed by atoms with E-state index in [0.29, 0.717) is 32.6 Å². The number of rotatable bonds is 3. The van der Waals surface area contributed by atoms with Crippen molar-refractivity contribution in [2.24, 2.45) is 0 Å². The molecule has 1 aromatic carbocycles. The van der Waals surface area contributed by atoms with E-state index < -0.39 is 0 Å². The van der Waals surface area contributed by atoms with Gasteiger partial charge in [-0.05, 0) is 44.0 Å². The molecule has 3 amide bonds. The molecule has 2 heterocycles. The van der Waals surface area contributed by atoms with Crippen LogP contribution < -0.4 is 5.32 Å². The zero-order chi connectivity index (χ0) is 18.5. The maximum atomic E-state index is 12.6. The lowest BCUT2D eigenvalue weighted by Crippen LogP contribution is -2.39. The molecule has 0 unspecified atom stereocenters. The summed E-state index contributed by atoms with van der Waals surface area (Å²) < 4.78 is 0. The van der Waals surface area contributed by atoms with Gasteiger partial charge < -0.3 is 20.1 Å². The van der Waals surface area contributed by atoms with Crippen LogP contribution in [0, 0.1) is 13.8 Å². The van der Waals surface area contributed by atoms with E-state index in [1.807, 2.05) is 55.1 Å². The van der Waals surface area contributed by atoms with Crippen molar-refractivity contribution < 1.29 is 9.59 Å². The minimum Gasteiger partial charge on any atom is -0.362 e. The molecule has 0 aliphatic carbocycles. The lowest BCUT2D eigenvalue weighted by atomic mass is 10.1. The number of nitrogens with zero attached hydrogens (tertiary/aromatic N) is 2. The van der Waals surface area contributed by atoms with E-state index in [2.05, 4.69) is 10.3 Å². The highest BCUT2D eigenvalue weighted by Gasteiger charge is 2.22. The van der Waals surface area contributed by atoms with Crippen molar-refractivity contribution in [2.45, 2.75) is 26.7 Å². The molecule has 6 heteroatoms. The van der Waals surface area contributed by atoms with Crippen molar-refractivity contribution in [1.29, 1.82) is 0 Å². The number of hydrogen-bond acceptors (Lipinski definition) is 2. The zero-order valence-electron chi connectivity index (χ0n) is 15.4. The molecule has 3 rings (SSSR count). The molecule has 1 saturated heterocycles. The molecule has 0 atom stereocenters. The zero-order valence-corrected chi connectivity index (χ0v) is 15.4. The number of carbonyl (C=O) groups is 2. The summed E-state index contributed by atoms with van der Waals surface area (Å²) >= 11 is 0. The number of carbonyl (C=O) groups excluding carboxylic acids is 2. The molecular formula is C20H26N4O2. The Bertz CT molecular complexity index is 769. The number of nitrogens with one attached hydrogen (secondary N) is 2. The summed E-state index contributed by atoms with van der Waals surface area (Å²) in [5.74, 6) is 0.123. The van der Waals surface area contributed by atoms with Gasteiger partial charge in [-0.25, -0.2) is 4.79 Å². The first kappa shape index (κ1) is 18.0. The van der Waals surface area contributed by atoms with Crippen molar-refractivity contribution >= 4 is 17.6 Å². The second-order valence-corrected chi connectivity index (χ2v) is 6.80. The van der Waals surface area contributed by atoms with E-state index in [1.165, 1.54) is 0 Å². The van der Waals surface area contributed by atoms with Crippen LogP contribution in [0.1, 0.15) is 23.4 Å². The summed E-state index contributed by atoms with van der Waals surface area (Å²) in [7, 11) is 0. The van der Waals surface area contributed by atoms with Crippen LogP contribution in [-0.4, -0.2) is 52.9 Å². The van der Waals surface area contributed by atoms with Crippen LogP contribution in [0.5, 0.6) is 0 Å². The number of hydrogen-bond donors (Lipinski definition) is 2. The molecule has 0 bridgehead atoms. The Morgan fingerprint density at radius 3 is 2.42 bits per heavy atom. The number of aromatic amines is 1. The fourth-order valence-electron chi connectivity index (χ4n) is 3.33. The minimum absolute atomic E-state index is 0.109. The predicted molar refractivity (Wildman–Crippen MR) is 102 cm³/mol. The minimum atomic E-state index is -0.109. The van der Waals surface area contributed by atoms with Crippen LogP contribution in [-0.2, 0) is 11.2 Å². The number of urea groups is 1. The van der Waals surface area contributed by atoms with Crippen molar-refractivity contribution in [3.8, 4) is 0 Å². The average Bonchev–Trinajstić information content (AvgIpc) is 2.82. The number of aryl methyl sites for hydroxylation is 2. The van der Waals surface area contributed by atoms with Crippen molar-refractivity contribution in [1.82, 2.24) is 14.8 Å². The molecule has 1 fully saturated rings. The smallest absolute Gasteiger partial charge is 0.321 e. The number of anilines is 1. The molecule has 1 aromatic heterocycles. The van der Waals surface area contributed by atoms with Gasteiger partial charge in [0, 0.05) is 43.3 Å². The monoisotopic (exact) mass is 354 g/mol. The van der Waals surface area contributed by atoms with E-state index in [-0.39, 0.29) is 11.9 Å². The Labute approximate surface area is 154 Å². The van der Waals surface area contributed by atoms with E-state index in [0.717, 1.165) is 29.1 Å². The first-order valence-electron chi connectivity index (χ1n) is 9.07. The van der Waals surface area contributed by atoms with E-state index in [9.17, 15) is 9.59 Å². The lowest BCUT2D eigenvalue weighted by molar-refractivity contribution is -0.130. The SMILES string of the molecule is Cc1cc(CC(=O)N2CCCN(C(=O)Nc3ccccc3)CC2)c(C)[nH]1. The molecular weight excluding hydrogens is 328 g/mol. The first-order chi connectivity index (χ1) is 12.5. The third-order valence-corrected chi connectivity index (χ3v) is 4.76. The van der Waals surface area contributed by atoms with Gasteiger partial charge in [0.15, 0.2) is 0 Å². The molecule has 26 heavy (non-hydrogen) atoms. The van der Waals surface area contributed by atoms with Crippen molar-refractivity contribution in [3.05, 3.63) is 53.3 Å². The number of para-hydroxylation sites is 1. The number of H-pyrrole nitrogens is 1. The maximum absolute atomic E-state index is 12.6. The second-order valence-electron chi connectivity index (χ2n) is 6.80. The molecule has 2 aromatic rings. The normalized spacial score (nSPS) is 14.8. The molecule has 0 spiro atoms. The number of aromatic nitrogens is 1. The topological polar surface area (TPSA) is 68.4 Å². The van der Waals surface area contributed by atoms with Gasteiger partial charge in [-0.15, -0.1) is 0 Å². The van der Waals surface area contributed by atoms with E-state index >= 15 is 0 Å². The van der Waals surface area contributed by atoms with E-state index in [4.69, 9.17) is 0 Å². The highest BCUT2D eigenvalue weighted by molar-refractivity contribution is 5.89. The first-order valence-corrected chi connectivity index (χ1v) is 9.07. The summed E-state index contributed by atoms with van der Waals surface area (Å²) in [5, 5.41) is 2.91. The largest absolute Gasteiger partial charge is 0.362 e. The highest BCUT2D eigenvalue weighted by atomic mass is 16.2. The van der Waals surface area contributed by atoms with Gasteiger partial charge in [-0.3, -0.25) is 4.79 Å². The average molecular weight is 354 g/mol. The Balaban J connectivity index is 1.55. The number of benzene rings is 1. The third kappa shape index (κ3) is 4.45. The standard InChI is InChI=1S/C20H26N4O2/c1-15-13-17(16(2)21-15)14-19(25)23-9-6-10-24(12-11-23)20(26)22-18-7-4-3-5-8-18/h3-5,7-8,13,21H,6,9-12,14H2,1-2H3,(H,22,26). The predicted octanol–water partition coefficient (Wildman–Crippen LogP) is 2.94. The van der Waals surface area contributed by atoms with Gasteiger partial charge in [0.2, 0.25) is 5.91 Å². The molecule has 0 saturated carbocycles. The van der Waals surface area contributed by atoms with Crippen LogP contribution in [0.25, 0.3) is 0 Å². The quantitative estimate of drug-likeness (QED) is 0.890. The molecule has 2 N–H and O–H groups in total. The van der Waals surface area contributed by atoms with Gasteiger partial charge in [0.05, 0.1) is 6.42 Å². The Morgan fingerprint density at radius 1 is 1.04 bits per heavy atom. The molecule has 1 aliphatic heterocycles. The van der Waals surface area contributed by atoms with E-state index in [1.54, 1.807) is 4.90 Å². The summed E-state index contributed by atoms with van der Waals surface area (Å²) in [4.78, 5) is 32.0. The second kappa shape index (κ2) is 8.08. The Hall–Kier alpha value is -2.76. The van der Waals surface area contributed by atoms with Gasteiger partial charge >= 0.3 is 6.03 Å². The highest BCUT2D eigenvalue weighted by Crippen LogP contribution is 2.13. The molecule has 0 radical (unpaired) electrons. The molecule has 138 valence electrons. The third-order valence-electron chi connectivity index (χ3n) is 4.76. The van der Waals surface area contributed by atoms with Crippen LogP contribution >= 0.6 is 0 Å². The Kier molecular flexibility index (Phi) is 5.61. The fourth-order valence-corrected chi connectivity index (χ4v) is 3.33. The number of amides is 3. The summed E-state index contributed by atoms with van der Waals surface area (Å²) in [6.45, 7) is 6.46. The van der Waals surface area contributed by atoms with Crippen LogP contribution in [0.15, 0.2) is 36.4 Å². The maximum Gasteiger partial charge on any atom is 0.321 e. The van der Waals surface area contributed by atoms with Crippen LogP contribution in [0.4, 0.5) is 10.5 Å². The van der Waals surface area contributed by atoms with Gasteiger partial charge in [-0.1, -0.05) is 18.2 Å². The van der Waals surface area contributed by atoms with Gasteiger partial charge in [0.25, 0.3) is 0 Å². The van der Waals surface area contributed by atoms with Gasteiger partial charge in [0.1, 0.15) is 0 Å².